The van der Waals surface area contributed by atoms with Gasteiger partial charge in [0.1, 0.15) is 72.1 Å². The van der Waals surface area contributed by atoms with E-state index in [4.69, 9.17) is 4.74 Å². The first-order valence-corrected chi connectivity index (χ1v) is 39.5. The first-order chi connectivity index (χ1) is 51.5. The van der Waals surface area contributed by atoms with E-state index < -0.39 is 235 Å². The Morgan fingerprint density at radius 1 is 0.636 bits per heavy atom. The number of rotatable bonds is 14. The van der Waals surface area contributed by atoms with Crippen LogP contribution in [0.25, 0.3) is 0 Å². The fourth-order valence-electron chi connectivity index (χ4n) is 18.2. The van der Waals surface area contributed by atoms with E-state index in [-0.39, 0.29) is 110 Å². The van der Waals surface area contributed by atoms with Crippen molar-refractivity contribution in [2.24, 2.45) is 40.9 Å². The SMILES string of the molecule is CCO[C@@H]1C[C@H]2C(=O)NC3(CC(C)(C)C3)C(=O)N(C)[C@@H](C3CCCC3)C(=O)N(C)[C@H](C(=O)N(CC)CC)CC(=O)N(C)[C@@H](CC)C(=O)N[C@@H]([C@@H](C)CC)C(=O)N(C)CC(=O)N(C)[C@H]3C/C=C\CCN(C3=O)[C@@H](CC3CCC(C(F)(F)F)CC3)C(=O)N(C)CC(=O)N[C@@H](CCC3CC(F)C(C(F)(F)F)C(F)C3)C(=O)N2C1. The highest BCUT2D eigenvalue weighted by Gasteiger charge is 2.60. The van der Waals surface area contributed by atoms with Crippen molar-refractivity contribution in [2.45, 2.75) is 275 Å². The molecule has 110 heavy (non-hydrogen) atoms. The third-order valence-electron chi connectivity index (χ3n) is 24.6. The van der Waals surface area contributed by atoms with Crippen molar-refractivity contribution in [3.05, 3.63) is 12.2 Å². The normalized spacial score (nSPS) is 32.1. The Bertz CT molecular complexity index is 3290. The van der Waals surface area contributed by atoms with Gasteiger partial charge in [0.05, 0.1) is 31.5 Å². The van der Waals surface area contributed by atoms with Crippen molar-refractivity contribution in [3.8, 4) is 0 Å². The molecule has 622 valence electrons. The zero-order chi connectivity index (χ0) is 82.0. The van der Waals surface area contributed by atoms with Crippen LogP contribution >= 0.6 is 0 Å². The molecule has 2 saturated heterocycles. The average molecular weight is 1570 g/mol. The number of carbonyl (C=O) groups excluding carboxylic acids is 12. The third-order valence-corrected chi connectivity index (χ3v) is 24.6. The summed E-state index contributed by atoms with van der Waals surface area (Å²) in [7, 11) is 8.01. The number of ether oxygens (including phenoxy) is 1. The molecule has 0 radical (unpaired) electrons. The van der Waals surface area contributed by atoms with Gasteiger partial charge in [0.15, 0.2) is 0 Å². The van der Waals surface area contributed by atoms with Crippen LogP contribution in [0.2, 0.25) is 0 Å². The second kappa shape index (κ2) is 38.1. The van der Waals surface area contributed by atoms with Gasteiger partial charge < -0.3 is 64.8 Å². The molecule has 12 atom stereocenters. The molecule has 4 saturated carbocycles. The van der Waals surface area contributed by atoms with Gasteiger partial charge in [0, 0.05) is 81.5 Å². The minimum atomic E-state index is -5.22. The highest BCUT2D eigenvalue weighted by molar-refractivity contribution is 6.01. The quantitative estimate of drug-likeness (QED) is 0.115. The summed E-state index contributed by atoms with van der Waals surface area (Å²) in [6, 6.07) is -11.4. The van der Waals surface area contributed by atoms with Gasteiger partial charge in [-0.25, -0.2) is 8.78 Å². The number of likely N-dealkylation sites (N-methyl/N-ethyl adjacent to an activating group) is 7. The summed E-state index contributed by atoms with van der Waals surface area (Å²) in [4.78, 5) is 193. The van der Waals surface area contributed by atoms with E-state index in [2.05, 4.69) is 16.0 Å². The summed E-state index contributed by atoms with van der Waals surface area (Å²) in [5.74, 6) is -16.8. The smallest absolute Gasteiger partial charge is 0.377 e. The molecule has 3 N–H and O–H groups in total. The summed E-state index contributed by atoms with van der Waals surface area (Å²) in [6.07, 6.45) is -13.8. The molecule has 6 fully saturated rings. The van der Waals surface area contributed by atoms with Crippen molar-refractivity contribution in [2.75, 3.05) is 88.2 Å². The molecule has 7 aliphatic rings. The van der Waals surface area contributed by atoms with Gasteiger partial charge in [0.2, 0.25) is 70.9 Å². The Kier molecular flexibility index (Phi) is 31.1. The van der Waals surface area contributed by atoms with Gasteiger partial charge in [-0.05, 0) is 153 Å². The van der Waals surface area contributed by atoms with Crippen molar-refractivity contribution >= 4 is 70.9 Å². The molecule has 0 aromatic heterocycles. The molecule has 2 unspecified atom stereocenters. The highest BCUT2D eigenvalue weighted by atomic mass is 19.4. The minimum Gasteiger partial charge on any atom is -0.377 e. The van der Waals surface area contributed by atoms with Crippen LogP contribution < -0.4 is 16.0 Å². The molecule has 4 aliphatic carbocycles. The van der Waals surface area contributed by atoms with Crippen molar-refractivity contribution in [1.82, 2.24) is 60.0 Å². The van der Waals surface area contributed by atoms with Gasteiger partial charge in [-0.3, -0.25) is 57.5 Å². The Labute approximate surface area is 642 Å². The summed E-state index contributed by atoms with van der Waals surface area (Å²) in [5.41, 5.74) is -2.37. The summed E-state index contributed by atoms with van der Waals surface area (Å²) >= 11 is 0. The van der Waals surface area contributed by atoms with Gasteiger partial charge in [-0.15, -0.1) is 0 Å². The molecule has 3 aliphatic heterocycles. The molecule has 3 heterocycles. The first kappa shape index (κ1) is 90.0. The molecular formula is C77H120F8N12O13. The van der Waals surface area contributed by atoms with Crippen LogP contribution in [0.1, 0.15) is 190 Å². The number of alkyl halides is 8. The molecule has 33 heteroatoms. The Morgan fingerprint density at radius 2 is 1.25 bits per heavy atom. The van der Waals surface area contributed by atoms with E-state index in [1.54, 1.807) is 53.7 Å². The lowest BCUT2D eigenvalue weighted by Gasteiger charge is -2.54. The molecule has 2 bridgehead atoms. The lowest BCUT2D eigenvalue weighted by molar-refractivity contribution is -0.219. The first-order valence-electron chi connectivity index (χ1n) is 39.5. The second-order valence-electron chi connectivity index (χ2n) is 32.9. The van der Waals surface area contributed by atoms with Crippen LogP contribution in [0.15, 0.2) is 12.2 Å². The van der Waals surface area contributed by atoms with Gasteiger partial charge >= 0.3 is 12.4 Å². The fraction of sp³-hybridized carbons (Fsp3) is 0.818. The summed E-state index contributed by atoms with van der Waals surface area (Å²) in [5, 5.41) is 8.45. The molecule has 7 rings (SSSR count). The Balaban J connectivity index is 1.34. The lowest BCUT2D eigenvalue weighted by Crippen LogP contribution is -2.71. The molecular weight excluding hydrogens is 1450 g/mol. The molecule has 0 aromatic carbocycles. The number of fused-ring (bicyclic) bond motifs is 3. The van der Waals surface area contributed by atoms with Gasteiger partial charge in [-0.1, -0.05) is 66.0 Å². The zero-order valence-corrected chi connectivity index (χ0v) is 66.6. The molecule has 25 nitrogen and oxygen atoms in total. The largest absolute Gasteiger partial charge is 0.397 e. The number of nitrogens with one attached hydrogen (secondary N) is 3. The van der Waals surface area contributed by atoms with Crippen molar-refractivity contribution in [1.29, 1.82) is 0 Å². The van der Waals surface area contributed by atoms with Crippen LogP contribution in [0.4, 0.5) is 35.1 Å². The number of hydrogen-bond donors (Lipinski definition) is 3. The number of nitrogens with zero attached hydrogens (tertiary/aromatic N) is 9. The van der Waals surface area contributed by atoms with Crippen LogP contribution in [-0.4, -0.2) is 288 Å². The van der Waals surface area contributed by atoms with Crippen LogP contribution in [-0.2, 0) is 62.3 Å². The maximum atomic E-state index is 15.8. The van der Waals surface area contributed by atoms with Crippen LogP contribution in [0.5, 0.6) is 0 Å². The standard InChI is InChI=1S/C77H120F8N12O13/c1-15-45(6)63-71(107)90(10)42-61(100)92(12)55-27-21-20-24-34-96(70(55)106)58(37-46-28-31-49(32-29-46)76(80,81)82)68(104)89(9)41-59(98)86-53(33-30-47-35-51(78)62(52(79)36-47)77(83,84)85)67(103)97-40-50(110-19-5)38-56(97)66(102)88-75(43-74(7,8)44-75)73(109)94(14)64(48-25-22-23-26-48)72(108)93(13)57(69(105)95(17-3)18-4)39-60(99)91(11)54(16-2)65(101)87-63/h20-21,45-58,62-64H,15-19,22-44H2,1-14H3,(H,86,98)(H,87,101)(H,88,102)/b21-20-/t45-,46?,47?,49?,50+,51?,52?,53-,54-,55-,56-,57-,58-,62?,63-,64-/m0/s1. The van der Waals surface area contributed by atoms with Gasteiger partial charge in [0.25, 0.3) is 0 Å². The topological polar surface area (TPSA) is 279 Å². The average Bonchev–Trinajstić information content (AvgIpc) is 0.870. The third kappa shape index (κ3) is 21.4. The monoisotopic (exact) mass is 1570 g/mol. The Hall–Kier alpha value is -7.22. The summed E-state index contributed by atoms with van der Waals surface area (Å²) in [6.45, 7) is 12.4. The number of halogens is 8. The predicted octanol–water partition coefficient (Wildman–Crippen LogP) is 7.13. The lowest BCUT2D eigenvalue weighted by atomic mass is 9.58. The maximum Gasteiger partial charge on any atom is 0.397 e. The van der Waals surface area contributed by atoms with Gasteiger partial charge in [-0.2, -0.15) is 26.3 Å². The maximum absolute atomic E-state index is 15.8. The van der Waals surface area contributed by atoms with E-state index in [1.807, 2.05) is 13.8 Å². The molecule has 1 spiro atoms. The number of hydrogen-bond acceptors (Lipinski definition) is 13. The van der Waals surface area contributed by atoms with Crippen LogP contribution in [0.3, 0.4) is 0 Å². The second-order valence-corrected chi connectivity index (χ2v) is 32.9. The predicted molar refractivity (Wildman–Crippen MR) is 390 cm³/mol. The highest BCUT2D eigenvalue weighted by Crippen LogP contribution is 2.50. The Morgan fingerprint density at radius 3 is 1.80 bits per heavy atom. The molecule has 12 amide bonds. The van der Waals surface area contributed by atoms with E-state index in [0.29, 0.717) is 32.1 Å². The van der Waals surface area contributed by atoms with E-state index in [1.165, 1.54) is 57.0 Å². The fourth-order valence-corrected chi connectivity index (χ4v) is 18.2. The molecule has 0 aromatic rings. The van der Waals surface area contributed by atoms with E-state index in [0.717, 1.165) is 29.4 Å². The number of carbonyl (C=O) groups is 12. The summed E-state index contributed by atoms with van der Waals surface area (Å²) < 4.78 is 122. The van der Waals surface area contributed by atoms with Crippen molar-refractivity contribution in [3.63, 3.8) is 0 Å². The van der Waals surface area contributed by atoms with E-state index in [9.17, 15) is 55.1 Å². The number of amides is 12. The van der Waals surface area contributed by atoms with Crippen LogP contribution in [0, 0.1) is 40.9 Å². The zero-order valence-electron chi connectivity index (χ0n) is 66.6. The van der Waals surface area contributed by atoms with E-state index >= 15 is 37.5 Å². The van der Waals surface area contributed by atoms with Crippen molar-refractivity contribution < 1.29 is 97.4 Å². The minimum absolute atomic E-state index is 0.00346.